The Morgan fingerprint density at radius 3 is 0.725 bits per heavy atom. The third-order valence-electron chi connectivity index (χ3n) is 1.37. The summed E-state index contributed by atoms with van der Waals surface area (Å²) in [6, 6.07) is 0. The van der Waals surface area contributed by atoms with Crippen LogP contribution in [0.25, 0.3) is 0 Å². The minimum absolute atomic E-state index is 0. The molecule has 0 fully saturated rings. The number of rotatable bonds is 3. The van der Waals surface area contributed by atoms with E-state index in [4.69, 9.17) is 32.0 Å². The largest absolute Gasteiger partial charge is 0.453 e. The smallest absolute Gasteiger partial charge is 0.303 e. The van der Waals surface area contributed by atoms with E-state index in [2.05, 4.69) is 69.3 Å². The number of Topliss-reactive ketones (excluding diaryl/α,β-unsaturated/α-hetero) is 2. The van der Waals surface area contributed by atoms with Crippen molar-refractivity contribution in [1.82, 2.24) is 5.32 Å². The number of carbonyl (C=O) groups excluding carboxylic acids is 7. The zero-order valence-electron chi connectivity index (χ0n) is 51.1. The van der Waals surface area contributed by atoms with Gasteiger partial charge in [-0.1, -0.05) is 222 Å². The summed E-state index contributed by atoms with van der Waals surface area (Å²) in [5.74, 6) is 23.3. The SMILES string of the molecule is C.C.C.C#CC#CC#CCC(C)=O.C#CC#CC#CCOC(C)=O.CC.CC.CC.CC.CC.CC.CC.CC.CC.CC.CC.CC.CC.CC.CC(C)=O.CC=O.CC=O.CC=O.CNC=O. The number of ether oxygens (including phenoxy) is 1. The molecule has 0 aliphatic carbocycles. The third-order valence-corrected chi connectivity index (χ3v) is 1.37. The minimum Gasteiger partial charge on any atom is -0.453 e. The van der Waals surface area contributed by atoms with Crippen LogP contribution in [-0.2, 0) is 38.3 Å². The van der Waals surface area contributed by atoms with Gasteiger partial charge in [0.1, 0.15) is 30.4 Å². The molecule has 0 aliphatic rings. The summed E-state index contributed by atoms with van der Waals surface area (Å²) >= 11 is 0. The second-order valence-electron chi connectivity index (χ2n) is 5.07. The van der Waals surface area contributed by atoms with Crippen LogP contribution < -0.4 is 5.32 Å². The van der Waals surface area contributed by atoms with Gasteiger partial charge in [-0.15, -0.1) is 12.8 Å². The number of terminal acetylenes is 2. The summed E-state index contributed by atoms with van der Waals surface area (Å²) in [6.45, 7) is 66.2. The van der Waals surface area contributed by atoms with Crippen molar-refractivity contribution in [3.63, 3.8) is 0 Å². The summed E-state index contributed by atoms with van der Waals surface area (Å²) in [5.41, 5.74) is 0. The minimum atomic E-state index is -0.357. The van der Waals surface area contributed by atoms with Gasteiger partial charge in [0.25, 0.3) is 0 Å². The Balaban J connectivity index is -0.0000000147. The Labute approximate surface area is 441 Å². The molecule has 0 radical (unpaired) electrons. The van der Waals surface area contributed by atoms with E-state index in [-0.39, 0.29) is 52.8 Å². The molecular formula is C60H131NO8. The van der Waals surface area contributed by atoms with Crippen LogP contribution in [0.4, 0.5) is 0 Å². The molecule has 0 aliphatic heterocycles. The van der Waals surface area contributed by atoms with E-state index in [0.717, 1.165) is 18.9 Å². The lowest BCUT2D eigenvalue weighted by atomic mass is 10.3. The van der Waals surface area contributed by atoms with E-state index >= 15 is 0 Å². The summed E-state index contributed by atoms with van der Waals surface area (Å²) in [5, 5.41) is 2.25. The van der Waals surface area contributed by atoms with Crippen molar-refractivity contribution in [1.29, 1.82) is 0 Å². The maximum absolute atomic E-state index is 10.3. The van der Waals surface area contributed by atoms with Gasteiger partial charge >= 0.3 is 5.97 Å². The standard InChI is InChI=1S/C9H6O2.C9H6O.C3H6O.C2H5NO.3C2H4O.14C2H6.3CH4/c1-3-4-5-6-7-8-11-9(2)10;1-3-4-5-6-7-8-9(2)10;1-3(2)4;1-3-2-4;3*1-2-3;14*1-2;;;/h1H,8H2,2H3;1H,8H2,2H3;1-2H3;2H,1H3,(H,3,4);3*2H,1H3;14*1-2H3;3*1H4. The van der Waals surface area contributed by atoms with Crippen molar-refractivity contribution < 1.29 is 38.3 Å². The summed E-state index contributed by atoms with van der Waals surface area (Å²) in [7, 11) is 1.56. The molecule has 0 rings (SSSR count). The molecule has 0 spiro atoms. The van der Waals surface area contributed by atoms with E-state index < -0.39 is 0 Å². The Hall–Kier alpha value is -5.35. The van der Waals surface area contributed by atoms with Gasteiger partial charge in [-0.2, -0.15) is 0 Å². The van der Waals surface area contributed by atoms with Crippen molar-refractivity contribution in [2.45, 2.75) is 271 Å². The Kier molecular flexibility index (Phi) is 1170. The van der Waals surface area contributed by atoms with Gasteiger partial charge in [-0.3, -0.25) is 14.4 Å². The molecule has 0 atom stereocenters. The Morgan fingerprint density at radius 2 is 0.594 bits per heavy atom. The molecule has 0 aromatic rings. The number of nitrogens with one attached hydrogen (secondary N) is 1. The molecule has 0 saturated carbocycles. The third kappa shape index (κ3) is 2030. The van der Waals surface area contributed by atoms with Gasteiger partial charge in [-0.25, -0.2) is 0 Å². The lowest BCUT2D eigenvalue weighted by Crippen LogP contribution is -1.98. The quantitative estimate of drug-likeness (QED) is 0.167. The predicted octanol–water partition coefficient (Wildman–Crippen LogP) is 17.6. The van der Waals surface area contributed by atoms with Gasteiger partial charge in [0.2, 0.25) is 6.41 Å². The normalized spacial score (nSPS) is 4.20. The van der Waals surface area contributed by atoms with E-state index in [1.54, 1.807) is 7.05 Å². The van der Waals surface area contributed by atoms with E-state index in [1.165, 1.54) is 48.5 Å². The monoisotopic (exact) mass is 994 g/mol. The van der Waals surface area contributed by atoms with E-state index in [9.17, 15) is 14.4 Å². The Bertz CT molecular complexity index is 971. The summed E-state index contributed by atoms with van der Waals surface area (Å²) in [6.07, 6.45) is 12.8. The molecule has 0 bridgehead atoms. The molecule has 0 saturated heterocycles. The summed E-state index contributed by atoms with van der Waals surface area (Å²) in [4.78, 5) is 65.4. The second-order valence-corrected chi connectivity index (χ2v) is 5.07. The van der Waals surface area contributed by atoms with Crippen molar-refractivity contribution in [2.24, 2.45) is 0 Å². The highest BCUT2D eigenvalue weighted by molar-refractivity contribution is 5.78. The first kappa shape index (κ1) is 159. The average Bonchev–Trinajstić information content (AvgIpc) is 3.39. The first-order valence-corrected chi connectivity index (χ1v) is 24.2. The molecule has 0 heterocycles. The summed E-state index contributed by atoms with van der Waals surface area (Å²) < 4.78 is 4.49. The van der Waals surface area contributed by atoms with Crippen LogP contribution in [0.15, 0.2) is 0 Å². The first-order chi connectivity index (χ1) is 31.9. The average molecular weight is 995 g/mol. The number of hydrogen-bond donors (Lipinski definition) is 1. The molecule has 9 heteroatoms. The maximum atomic E-state index is 10.3. The van der Waals surface area contributed by atoms with Gasteiger partial charge in [0, 0.05) is 14.0 Å². The highest BCUT2D eigenvalue weighted by Gasteiger charge is 1.84. The van der Waals surface area contributed by atoms with Crippen molar-refractivity contribution in [3.05, 3.63) is 0 Å². The number of aldehydes is 3. The van der Waals surface area contributed by atoms with Gasteiger partial charge in [0.05, 0.1) is 6.42 Å². The van der Waals surface area contributed by atoms with Crippen LogP contribution in [0.3, 0.4) is 0 Å². The van der Waals surface area contributed by atoms with E-state index in [0.29, 0.717) is 6.41 Å². The van der Waals surface area contributed by atoms with E-state index in [1.807, 2.05) is 194 Å². The molecule has 0 unspecified atom stereocenters. The fourth-order valence-electron chi connectivity index (χ4n) is 0.566. The molecule has 0 aromatic heterocycles. The van der Waals surface area contributed by atoms with Crippen LogP contribution in [0.2, 0.25) is 0 Å². The lowest BCUT2D eigenvalue weighted by molar-refractivity contribution is -0.139. The lowest BCUT2D eigenvalue weighted by Gasteiger charge is -1.89. The fraction of sp³-hybridized carbons (Fsp3) is 0.683. The molecular weight excluding hydrogens is 863 g/mol. The zero-order valence-corrected chi connectivity index (χ0v) is 51.1. The van der Waals surface area contributed by atoms with Crippen LogP contribution in [0, 0.1) is 72.1 Å². The molecule has 69 heavy (non-hydrogen) atoms. The molecule has 9 nitrogen and oxygen atoms in total. The number of hydrogen-bond acceptors (Lipinski definition) is 8. The second kappa shape index (κ2) is 508. The molecule has 1 amide bonds. The zero-order chi connectivity index (χ0) is 59.5. The van der Waals surface area contributed by atoms with Crippen molar-refractivity contribution >= 4 is 42.8 Å². The van der Waals surface area contributed by atoms with Crippen molar-refractivity contribution in [2.75, 3.05) is 13.7 Å². The van der Waals surface area contributed by atoms with Gasteiger partial charge < -0.3 is 29.2 Å². The molecule has 1 N–H and O–H groups in total. The first-order valence-electron chi connectivity index (χ1n) is 24.2. The maximum Gasteiger partial charge on any atom is 0.303 e. The van der Waals surface area contributed by atoms with Crippen molar-refractivity contribution in [3.8, 4) is 72.1 Å². The fourth-order valence-corrected chi connectivity index (χ4v) is 0.566. The van der Waals surface area contributed by atoms with Crippen LogP contribution in [0.1, 0.15) is 271 Å². The molecule has 0 aromatic carbocycles. The molecule has 424 valence electrons. The number of amides is 1. The number of esters is 1. The van der Waals surface area contributed by atoms with Crippen LogP contribution >= 0.6 is 0 Å². The van der Waals surface area contributed by atoms with Crippen LogP contribution in [-0.4, -0.2) is 56.5 Å². The van der Waals surface area contributed by atoms with Gasteiger partial charge in [-0.05, 0) is 94.8 Å². The predicted molar refractivity (Wildman–Crippen MR) is 326 cm³/mol. The highest BCUT2D eigenvalue weighted by Crippen LogP contribution is 1.75. The highest BCUT2D eigenvalue weighted by atomic mass is 16.5. The number of ketones is 2. The number of carbonyl (C=O) groups is 7. The topological polar surface area (TPSA) is 141 Å². The van der Waals surface area contributed by atoms with Gasteiger partial charge in [0.15, 0.2) is 6.61 Å². The Morgan fingerprint density at radius 1 is 0.420 bits per heavy atom. The van der Waals surface area contributed by atoms with Crippen LogP contribution in [0.5, 0.6) is 0 Å².